The second-order valence-electron chi connectivity index (χ2n) is 5.75. The molecule has 1 aromatic rings. The zero-order chi connectivity index (χ0) is 16.4. The summed E-state index contributed by atoms with van der Waals surface area (Å²) >= 11 is 1.84. The maximum absolute atomic E-state index is 12.8. The molecule has 3 heterocycles. The Bertz CT molecular complexity index is 575. The Morgan fingerprint density at radius 2 is 1.96 bits per heavy atom. The van der Waals surface area contributed by atoms with Crippen LogP contribution in [0.4, 0.5) is 19.0 Å². The maximum atomic E-state index is 12.8. The third-order valence-corrected chi connectivity index (χ3v) is 5.15. The Hall–Kier alpha value is -1.44. The number of hydrogen-bond acceptors (Lipinski definition) is 4. The molecule has 0 saturated carbocycles. The predicted molar refractivity (Wildman–Crippen MR) is 83.5 cm³/mol. The van der Waals surface area contributed by atoms with Crippen molar-refractivity contribution in [3.63, 3.8) is 0 Å². The third-order valence-electron chi connectivity index (χ3n) is 4.21. The van der Waals surface area contributed by atoms with Crippen molar-refractivity contribution < 1.29 is 18.0 Å². The molecule has 0 aliphatic carbocycles. The number of pyridine rings is 1. The normalized spacial score (nSPS) is 22.5. The van der Waals surface area contributed by atoms with E-state index in [1.807, 2.05) is 16.7 Å². The molecular weight excluding hydrogens is 327 g/mol. The van der Waals surface area contributed by atoms with E-state index >= 15 is 0 Å². The van der Waals surface area contributed by atoms with Crippen LogP contribution in [0.5, 0.6) is 0 Å². The van der Waals surface area contributed by atoms with E-state index in [9.17, 15) is 18.0 Å². The summed E-state index contributed by atoms with van der Waals surface area (Å²) in [4.78, 5) is 19.9. The Morgan fingerprint density at radius 1 is 1.22 bits per heavy atom. The largest absolute Gasteiger partial charge is 0.433 e. The number of anilines is 1. The molecule has 126 valence electrons. The van der Waals surface area contributed by atoms with Crippen molar-refractivity contribution in [2.45, 2.75) is 12.6 Å². The quantitative estimate of drug-likeness (QED) is 0.825. The first-order valence-corrected chi connectivity index (χ1v) is 8.76. The number of halogens is 3. The van der Waals surface area contributed by atoms with Crippen LogP contribution in [-0.2, 0) is 11.0 Å². The summed E-state index contributed by atoms with van der Waals surface area (Å²) in [5, 5.41) is 0. The molecule has 23 heavy (non-hydrogen) atoms. The van der Waals surface area contributed by atoms with Gasteiger partial charge in [0.1, 0.15) is 11.5 Å². The number of alkyl halides is 3. The van der Waals surface area contributed by atoms with E-state index in [1.165, 1.54) is 6.07 Å². The highest BCUT2D eigenvalue weighted by Crippen LogP contribution is 2.30. The predicted octanol–water partition coefficient (Wildman–Crippen LogP) is 2.50. The van der Waals surface area contributed by atoms with Gasteiger partial charge in [-0.3, -0.25) is 4.79 Å². The van der Waals surface area contributed by atoms with Gasteiger partial charge in [0.15, 0.2) is 0 Å². The Labute approximate surface area is 137 Å². The molecule has 0 bridgehead atoms. The summed E-state index contributed by atoms with van der Waals surface area (Å²) in [6.45, 7) is 2.54. The van der Waals surface area contributed by atoms with Crippen LogP contribution in [0.3, 0.4) is 0 Å². The number of aromatic nitrogens is 1. The number of nitrogens with zero attached hydrogens (tertiary/aromatic N) is 3. The van der Waals surface area contributed by atoms with E-state index in [0.717, 1.165) is 30.7 Å². The topological polar surface area (TPSA) is 36.4 Å². The van der Waals surface area contributed by atoms with Crippen LogP contribution in [0.1, 0.15) is 12.1 Å². The summed E-state index contributed by atoms with van der Waals surface area (Å²) in [7, 11) is 0. The fraction of sp³-hybridized carbons (Fsp3) is 0.600. The second-order valence-corrected chi connectivity index (χ2v) is 6.97. The zero-order valence-corrected chi connectivity index (χ0v) is 13.4. The summed E-state index contributed by atoms with van der Waals surface area (Å²) in [5.74, 6) is 2.19. The highest BCUT2D eigenvalue weighted by Gasteiger charge is 2.35. The molecule has 1 unspecified atom stereocenters. The first kappa shape index (κ1) is 16.4. The smallest absolute Gasteiger partial charge is 0.356 e. The fourth-order valence-corrected chi connectivity index (χ4v) is 3.87. The summed E-state index contributed by atoms with van der Waals surface area (Å²) < 4.78 is 38.3. The molecule has 2 saturated heterocycles. The Kier molecular flexibility index (Phi) is 4.70. The summed E-state index contributed by atoms with van der Waals surface area (Å²) in [6.07, 6.45) is -3.78. The van der Waals surface area contributed by atoms with Crippen molar-refractivity contribution in [3.8, 4) is 0 Å². The van der Waals surface area contributed by atoms with Gasteiger partial charge in [0.25, 0.3) is 0 Å². The second kappa shape index (κ2) is 6.59. The van der Waals surface area contributed by atoms with Crippen LogP contribution < -0.4 is 4.90 Å². The first-order valence-electron chi connectivity index (χ1n) is 7.61. The number of amides is 1. The van der Waals surface area contributed by atoms with Gasteiger partial charge in [-0.25, -0.2) is 4.98 Å². The Balaban J connectivity index is 1.66. The van der Waals surface area contributed by atoms with Gasteiger partial charge in [-0.15, -0.1) is 0 Å². The van der Waals surface area contributed by atoms with Gasteiger partial charge in [-0.1, -0.05) is 6.07 Å². The van der Waals surface area contributed by atoms with Gasteiger partial charge >= 0.3 is 6.18 Å². The van der Waals surface area contributed by atoms with E-state index in [-0.39, 0.29) is 11.8 Å². The van der Waals surface area contributed by atoms with Crippen molar-refractivity contribution in [2.24, 2.45) is 5.92 Å². The van der Waals surface area contributed by atoms with Crippen LogP contribution in [0.2, 0.25) is 0 Å². The van der Waals surface area contributed by atoms with E-state index in [4.69, 9.17) is 0 Å². The molecular formula is C15H18F3N3OS. The van der Waals surface area contributed by atoms with E-state index in [2.05, 4.69) is 4.98 Å². The van der Waals surface area contributed by atoms with Crippen LogP contribution >= 0.6 is 11.8 Å². The van der Waals surface area contributed by atoms with Gasteiger partial charge in [-0.2, -0.15) is 24.9 Å². The summed E-state index contributed by atoms with van der Waals surface area (Å²) in [6, 6.07) is 3.90. The summed E-state index contributed by atoms with van der Waals surface area (Å²) in [5.41, 5.74) is -0.891. The maximum Gasteiger partial charge on any atom is 0.433 e. The lowest BCUT2D eigenvalue weighted by Crippen LogP contribution is -2.42. The molecule has 2 aliphatic rings. The molecule has 0 radical (unpaired) electrons. The van der Waals surface area contributed by atoms with Crippen molar-refractivity contribution in [1.82, 2.24) is 9.88 Å². The SMILES string of the molecule is O=C(C1CCN(c2cccc(C(F)(F)F)n2)C1)N1CCSCC1. The number of hydrogen-bond donors (Lipinski definition) is 0. The first-order chi connectivity index (χ1) is 10.9. The number of carbonyl (C=O) groups excluding carboxylic acids is 1. The minimum absolute atomic E-state index is 0.125. The highest BCUT2D eigenvalue weighted by atomic mass is 32.2. The highest BCUT2D eigenvalue weighted by molar-refractivity contribution is 7.99. The lowest BCUT2D eigenvalue weighted by molar-refractivity contribution is -0.141. The van der Waals surface area contributed by atoms with Gasteiger partial charge < -0.3 is 9.80 Å². The van der Waals surface area contributed by atoms with Gasteiger partial charge in [0.05, 0.1) is 5.92 Å². The van der Waals surface area contributed by atoms with Crippen molar-refractivity contribution >= 4 is 23.5 Å². The molecule has 0 spiro atoms. The lowest BCUT2D eigenvalue weighted by atomic mass is 10.1. The monoisotopic (exact) mass is 345 g/mol. The van der Waals surface area contributed by atoms with Crippen LogP contribution in [0.25, 0.3) is 0 Å². The van der Waals surface area contributed by atoms with E-state index < -0.39 is 11.9 Å². The fourth-order valence-electron chi connectivity index (χ4n) is 2.97. The number of thioether (sulfide) groups is 1. The molecule has 0 N–H and O–H groups in total. The molecule has 2 fully saturated rings. The van der Waals surface area contributed by atoms with Gasteiger partial charge in [-0.05, 0) is 18.6 Å². The van der Waals surface area contributed by atoms with E-state index in [0.29, 0.717) is 25.3 Å². The number of rotatable bonds is 2. The van der Waals surface area contributed by atoms with Crippen LogP contribution in [0, 0.1) is 5.92 Å². The average Bonchev–Trinajstić information content (AvgIpc) is 3.04. The molecule has 0 aromatic carbocycles. The molecule has 4 nitrogen and oxygen atoms in total. The zero-order valence-electron chi connectivity index (χ0n) is 12.6. The minimum Gasteiger partial charge on any atom is -0.356 e. The number of carbonyl (C=O) groups is 1. The third kappa shape index (κ3) is 3.73. The molecule has 1 amide bonds. The van der Waals surface area contributed by atoms with Crippen molar-refractivity contribution in [1.29, 1.82) is 0 Å². The van der Waals surface area contributed by atoms with Crippen molar-refractivity contribution in [2.75, 3.05) is 42.6 Å². The lowest BCUT2D eigenvalue weighted by Gasteiger charge is -2.29. The van der Waals surface area contributed by atoms with Crippen molar-refractivity contribution in [3.05, 3.63) is 23.9 Å². The Morgan fingerprint density at radius 3 is 2.65 bits per heavy atom. The molecule has 1 atom stereocenters. The molecule has 1 aromatic heterocycles. The van der Waals surface area contributed by atoms with Gasteiger partial charge in [0, 0.05) is 37.7 Å². The van der Waals surface area contributed by atoms with Crippen LogP contribution in [-0.4, -0.2) is 53.5 Å². The minimum atomic E-state index is -4.45. The van der Waals surface area contributed by atoms with Gasteiger partial charge in [0.2, 0.25) is 5.91 Å². The van der Waals surface area contributed by atoms with E-state index in [1.54, 1.807) is 11.0 Å². The molecule has 3 rings (SSSR count). The molecule has 8 heteroatoms. The van der Waals surface area contributed by atoms with Crippen LogP contribution in [0.15, 0.2) is 18.2 Å². The average molecular weight is 345 g/mol. The standard InChI is InChI=1S/C15H18F3N3OS/c16-15(17,18)12-2-1-3-13(19-12)21-5-4-11(10-21)14(22)20-6-8-23-9-7-20/h1-3,11H,4-10H2. The molecule has 2 aliphatic heterocycles.